The van der Waals surface area contributed by atoms with E-state index in [1.54, 1.807) is 11.3 Å². The Morgan fingerprint density at radius 1 is 1.39 bits per heavy atom. The number of hydrogen-bond acceptors (Lipinski definition) is 3. The Balaban J connectivity index is 2.08. The van der Waals surface area contributed by atoms with Gasteiger partial charge in [-0.3, -0.25) is 0 Å². The topological polar surface area (TPSA) is 49.3 Å². The lowest BCUT2D eigenvalue weighted by atomic mass is 10.1. The maximum atomic E-state index is 6.07. The number of halogens is 1. The third-order valence-corrected chi connectivity index (χ3v) is 4.72. The molecule has 1 aromatic carbocycles. The molecule has 2 N–H and O–H groups in total. The number of nitrogens with one attached hydrogen (secondary N) is 2. The Morgan fingerprint density at radius 2 is 2.17 bits per heavy atom. The van der Waals surface area contributed by atoms with Gasteiger partial charge in [-0.15, -0.1) is 11.3 Å². The summed E-state index contributed by atoms with van der Waals surface area (Å²) >= 11 is 7.77. The van der Waals surface area contributed by atoms with Crippen molar-refractivity contribution in [2.75, 3.05) is 6.54 Å². The van der Waals surface area contributed by atoms with E-state index >= 15 is 0 Å². The van der Waals surface area contributed by atoms with Gasteiger partial charge in [-0.05, 0) is 45.4 Å². The molecule has 0 radical (unpaired) electrons. The number of thiazole rings is 1. The first-order valence-electron chi connectivity index (χ1n) is 7.72. The Hall–Kier alpha value is -1.59. The van der Waals surface area contributed by atoms with E-state index < -0.39 is 0 Å². The van der Waals surface area contributed by atoms with Crippen LogP contribution in [0.15, 0.2) is 29.3 Å². The Morgan fingerprint density at radius 3 is 2.78 bits per heavy atom. The molecular weight excluding hydrogens is 328 g/mol. The lowest BCUT2D eigenvalue weighted by molar-refractivity contribution is 0.686. The predicted octanol–water partition coefficient (Wildman–Crippen LogP) is 4.23. The van der Waals surface area contributed by atoms with Gasteiger partial charge >= 0.3 is 0 Å². The van der Waals surface area contributed by atoms with Crippen molar-refractivity contribution in [1.29, 1.82) is 0 Å². The largest absolute Gasteiger partial charge is 0.357 e. The standard InChI is InChI=1S/C17H23ClN4S/c1-5-19-17(20-10-16-12(3)21-13(4)23-16)22-11(2)14-7-6-8-15(18)9-14/h6-9,11H,5,10H2,1-4H3,(H2,19,20,22). The molecule has 23 heavy (non-hydrogen) atoms. The molecule has 0 spiro atoms. The van der Waals surface area contributed by atoms with Gasteiger partial charge in [0.05, 0.1) is 23.3 Å². The molecule has 1 atom stereocenters. The fourth-order valence-electron chi connectivity index (χ4n) is 2.26. The van der Waals surface area contributed by atoms with Crippen LogP contribution in [0, 0.1) is 13.8 Å². The van der Waals surface area contributed by atoms with Gasteiger partial charge in [0.25, 0.3) is 0 Å². The van der Waals surface area contributed by atoms with Gasteiger partial charge in [0.15, 0.2) is 5.96 Å². The molecule has 124 valence electrons. The van der Waals surface area contributed by atoms with E-state index in [1.807, 2.05) is 32.0 Å². The Bertz CT molecular complexity index is 681. The van der Waals surface area contributed by atoms with Gasteiger partial charge in [0, 0.05) is 16.4 Å². The molecule has 0 bridgehead atoms. The number of rotatable bonds is 5. The van der Waals surface area contributed by atoms with Crippen molar-refractivity contribution in [2.24, 2.45) is 4.99 Å². The molecule has 6 heteroatoms. The van der Waals surface area contributed by atoms with Crippen molar-refractivity contribution >= 4 is 28.9 Å². The summed E-state index contributed by atoms with van der Waals surface area (Å²) in [4.78, 5) is 10.3. The van der Waals surface area contributed by atoms with E-state index in [0.29, 0.717) is 6.54 Å². The van der Waals surface area contributed by atoms with E-state index in [1.165, 1.54) is 4.88 Å². The second-order valence-electron chi connectivity index (χ2n) is 5.36. The van der Waals surface area contributed by atoms with Gasteiger partial charge < -0.3 is 10.6 Å². The van der Waals surface area contributed by atoms with Crippen LogP contribution in [0.2, 0.25) is 5.02 Å². The molecule has 0 aliphatic carbocycles. The van der Waals surface area contributed by atoms with Gasteiger partial charge in [0.2, 0.25) is 0 Å². The van der Waals surface area contributed by atoms with Crippen LogP contribution in [0.4, 0.5) is 0 Å². The normalized spacial score (nSPS) is 13.0. The third-order valence-electron chi connectivity index (χ3n) is 3.43. The molecule has 0 fully saturated rings. The van der Waals surface area contributed by atoms with E-state index in [-0.39, 0.29) is 6.04 Å². The number of aryl methyl sites for hydroxylation is 2. The molecule has 2 rings (SSSR count). The molecule has 0 aliphatic rings. The van der Waals surface area contributed by atoms with Crippen LogP contribution in [-0.2, 0) is 6.54 Å². The van der Waals surface area contributed by atoms with Crippen LogP contribution >= 0.6 is 22.9 Å². The van der Waals surface area contributed by atoms with Crippen LogP contribution in [0.3, 0.4) is 0 Å². The maximum Gasteiger partial charge on any atom is 0.192 e. The Kier molecular flexibility index (Phi) is 6.42. The summed E-state index contributed by atoms with van der Waals surface area (Å²) in [5.41, 5.74) is 2.20. The van der Waals surface area contributed by atoms with Gasteiger partial charge in [0.1, 0.15) is 0 Å². The van der Waals surface area contributed by atoms with E-state index in [2.05, 4.69) is 40.5 Å². The molecule has 1 aromatic heterocycles. The summed E-state index contributed by atoms with van der Waals surface area (Å²) in [6.45, 7) is 9.66. The van der Waals surface area contributed by atoms with Crippen molar-refractivity contribution in [3.8, 4) is 0 Å². The zero-order valence-corrected chi connectivity index (χ0v) is 15.6. The highest BCUT2D eigenvalue weighted by Crippen LogP contribution is 2.19. The Labute approximate surface area is 147 Å². The van der Waals surface area contributed by atoms with Crippen LogP contribution in [-0.4, -0.2) is 17.5 Å². The molecule has 1 unspecified atom stereocenters. The van der Waals surface area contributed by atoms with E-state index in [4.69, 9.17) is 11.6 Å². The van der Waals surface area contributed by atoms with E-state index in [0.717, 1.165) is 33.8 Å². The van der Waals surface area contributed by atoms with Crippen molar-refractivity contribution in [3.05, 3.63) is 50.4 Å². The summed E-state index contributed by atoms with van der Waals surface area (Å²) in [6.07, 6.45) is 0. The highest BCUT2D eigenvalue weighted by molar-refractivity contribution is 7.11. The molecular formula is C17H23ClN4S. The fourth-order valence-corrected chi connectivity index (χ4v) is 3.32. The number of guanidine groups is 1. The molecule has 4 nitrogen and oxygen atoms in total. The molecule has 0 saturated heterocycles. The minimum absolute atomic E-state index is 0.121. The number of benzene rings is 1. The minimum atomic E-state index is 0.121. The lowest BCUT2D eigenvalue weighted by Gasteiger charge is -2.18. The molecule has 1 heterocycles. The number of aliphatic imine (C=N–C) groups is 1. The van der Waals surface area contributed by atoms with Crippen LogP contribution in [0.1, 0.15) is 41.0 Å². The third kappa shape index (κ3) is 5.22. The molecule has 0 amide bonds. The highest BCUT2D eigenvalue weighted by atomic mass is 35.5. The number of nitrogens with zero attached hydrogens (tertiary/aromatic N) is 2. The highest BCUT2D eigenvalue weighted by Gasteiger charge is 2.09. The quantitative estimate of drug-likeness (QED) is 0.626. The second-order valence-corrected chi connectivity index (χ2v) is 7.08. The average molecular weight is 351 g/mol. The summed E-state index contributed by atoms with van der Waals surface area (Å²) < 4.78 is 0. The SMILES string of the molecule is CCNC(=NCc1sc(C)nc1C)NC(C)c1cccc(Cl)c1. The first-order valence-corrected chi connectivity index (χ1v) is 8.92. The van der Waals surface area contributed by atoms with Crippen molar-refractivity contribution in [2.45, 2.75) is 40.3 Å². The zero-order valence-electron chi connectivity index (χ0n) is 14.0. The van der Waals surface area contributed by atoms with Gasteiger partial charge in [-0.1, -0.05) is 23.7 Å². The smallest absolute Gasteiger partial charge is 0.192 e. The molecule has 0 aliphatic heterocycles. The summed E-state index contributed by atoms with van der Waals surface area (Å²) in [6, 6.07) is 7.99. The van der Waals surface area contributed by atoms with Crippen LogP contribution in [0.5, 0.6) is 0 Å². The molecule has 0 saturated carbocycles. The fraction of sp³-hybridized carbons (Fsp3) is 0.412. The number of aromatic nitrogens is 1. The van der Waals surface area contributed by atoms with Crippen LogP contribution in [0.25, 0.3) is 0 Å². The van der Waals surface area contributed by atoms with Crippen molar-refractivity contribution in [1.82, 2.24) is 15.6 Å². The second kappa shape index (κ2) is 8.31. The predicted molar refractivity (Wildman–Crippen MR) is 99.4 cm³/mol. The monoisotopic (exact) mass is 350 g/mol. The minimum Gasteiger partial charge on any atom is -0.357 e. The zero-order chi connectivity index (χ0) is 16.8. The number of hydrogen-bond donors (Lipinski definition) is 2. The van der Waals surface area contributed by atoms with Crippen molar-refractivity contribution in [3.63, 3.8) is 0 Å². The average Bonchev–Trinajstić information content (AvgIpc) is 2.83. The van der Waals surface area contributed by atoms with Gasteiger partial charge in [-0.25, -0.2) is 9.98 Å². The summed E-state index contributed by atoms with van der Waals surface area (Å²) in [5, 5.41) is 8.53. The maximum absolute atomic E-state index is 6.07. The first kappa shape index (κ1) is 17.8. The summed E-state index contributed by atoms with van der Waals surface area (Å²) in [7, 11) is 0. The summed E-state index contributed by atoms with van der Waals surface area (Å²) in [5.74, 6) is 0.797. The van der Waals surface area contributed by atoms with Crippen LogP contribution < -0.4 is 10.6 Å². The lowest BCUT2D eigenvalue weighted by Crippen LogP contribution is -2.38. The van der Waals surface area contributed by atoms with Crippen molar-refractivity contribution < 1.29 is 0 Å². The first-order chi connectivity index (χ1) is 11.0. The van der Waals surface area contributed by atoms with Gasteiger partial charge in [-0.2, -0.15) is 0 Å². The van der Waals surface area contributed by atoms with E-state index in [9.17, 15) is 0 Å². The molecule has 2 aromatic rings.